The Labute approximate surface area is 153 Å². The summed E-state index contributed by atoms with van der Waals surface area (Å²) < 4.78 is 15.7. The lowest BCUT2D eigenvalue weighted by atomic mass is 9.89. The van der Waals surface area contributed by atoms with Crippen molar-refractivity contribution in [3.05, 3.63) is 53.6 Å². The van der Waals surface area contributed by atoms with Gasteiger partial charge in [-0.3, -0.25) is 14.4 Å². The van der Waals surface area contributed by atoms with Gasteiger partial charge in [0.15, 0.2) is 0 Å². The van der Waals surface area contributed by atoms with E-state index in [2.05, 4.69) is 23.0 Å². The molecule has 0 N–H and O–H groups in total. The maximum atomic E-state index is 13.8. The molecule has 2 fully saturated rings. The number of benzene rings is 1. The van der Waals surface area contributed by atoms with Gasteiger partial charge in [-0.1, -0.05) is 12.1 Å². The van der Waals surface area contributed by atoms with Crippen molar-refractivity contribution in [2.24, 2.45) is 11.8 Å². The number of fused-ring (bicyclic) bond motifs is 1. The zero-order valence-electron chi connectivity index (χ0n) is 15.3. The van der Waals surface area contributed by atoms with Crippen molar-refractivity contribution >= 4 is 5.91 Å². The molecule has 2 aliphatic heterocycles. The summed E-state index contributed by atoms with van der Waals surface area (Å²) in [6.45, 7) is 8.02. The molecule has 1 amide bonds. The SMILES string of the molecule is CCn1ccc(CN2C[C@@H]3CN(C(C)=O)[C@@H](c4cccc(F)c4)[C@@H]3C2)n1. The van der Waals surface area contributed by atoms with E-state index in [1.807, 2.05) is 21.8 Å². The Morgan fingerprint density at radius 1 is 1.27 bits per heavy atom. The van der Waals surface area contributed by atoms with Gasteiger partial charge in [-0.05, 0) is 36.6 Å². The number of hydrogen-bond acceptors (Lipinski definition) is 3. The summed E-state index contributed by atoms with van der Waals surface area (Å²) >= 11 is 0. The van der Waals surface area contributed by atoms with Crippen molar-refractivity contribution in [3.8, 4) is 0 Å². The zero-order valence-corrected chi connectivity index (χ0v) is 15.3. The van der Waals surface area contributed by atoms with Crippen LogP contribution >= 0.6 is 0 Å². The Bertz CT molecular complexity index is 805. The van der Waals surface area contributed by atoms with Crippen LogP contribution in [0.4, 0.5) is 4.39 Å². The highest BCUT2D eigenvalue weighted by atomic mass is 19.1. The summed E-state index contributed by atoms with van der Waals surface area (Å²) in [6, 6.07) is 8.75. The number of carbonyl (C=O) groups excluding carboxylic acids is 1. The van der Waals surface area contributed by atoms with E-state index in [0.717, 1.165) is 44.0 Å². The fraction of sp³-hybridized carbons (Fsp3) is 0.500. The largest absolute Gasteiger partial charge is 0.335 e. The molecule has 5 nitrogen and oxygen atoms in total. The average molecular weight is 356 g/mol. The maximum Gasteiger partial charge on any atom is 0.219 e. The first-order chi connectivity index (χ1) is 12.5. The number of hydrogen-bond donors (Lipinski definition) is 0. The van der Waals surface area contributed by atoms with Gasteiger partial charge in [0.2, 0.25) is 5.91 Å². The monoisotopic (exact) mass is 356 g/mol. The van der Waals surface area contributed by atoms with E-state index in [-0.39, 0.29) is 17.8 Å². The molecule has 0 radical (unpaired) electrons. The van der Waals surface area contributed by atoms with Crippen molar-refractivity contribution in [2.75, 3.05) is 19.6 Å². The molecule has 2 saturated heterocycles. The maximum absolute atomic E-state index is 13.8. The fourth-order valence-electron chi connectivity index (χ4n) is 4.60. The first-order valence-electron chi connectivity index (χ1n) is 9.32. The highest BCUT2D eigenvalue weighted by molar-refractivity contribution is 5.74. The number of amides is 1. The van der Waals surface area contributed by atoms with E-state index in [1.165, 1.54) is 6.07 Å². The summed E-state index contributed by atoms with van der Waals surface area (Å²) in [5.74, 6) is 0.602. The van der Waals surface area contributed by atoms with Crippen molar-refractivity contribution in [1.29, 1.82) is 0 Å². The molecule has 0 aliphatic carbocycles. The Balaban J connectivity index is 1.53. The molecule has 26 heavy (non-hydrogen) atoms. The first kappa shape index (κ1) is 17.2. The topological polar surface area (TPSA) is 41.4 Å². The van der Waals surface area contributed by atoms with Crippen LogP contribution in [0.25, 0.3) is 0 Å². The van der Waals surface area contributed by atoms with Gasteiger partial charge in [0.05, 0.1) is 11.7 Å². The lowest BCUT2D eigenvalue weighted by Crippen LogP contribution is -2.34. The minimum Gasteiger partial charge on any atom is -0.335 e. The molecule has 2 aliphatic rings. The first-order valence-corrected chi connectivity index (χ1v) is 9.32. The van der Waals surface area contributed by atoms with E-state index in [4.69, 9.17) is 0 Å². The standard InChI is InChI=1S/C20H25FN4O/c1-3-24-8-7-18(22-24)12-23-10-16-11-25(14(2)26)20(19(16)13-23)15-5-4-6-17(21)9-15/h4-9,16,19-20H,3,10-13H2,1-2H3/t16-,19-,20+/m1/s1. The molecule has 0 unspecified atom stereocenters. The lowest BCUT2D eigenvalue weighted by molar-refractivity contribution is -0.130. The third kappa shape index (κ3) is 3.14. The van der Waals surface area contributed by atoms with Crippen LogP contribution in [0.1, 0.15) is 31.1 Å². The number of nitrogens with zero attached hydrogens (tertiary/aromatic N) is 4. The Kier molecular flexibility index (Phi) is 4.53. The molecule has 4 rings (SSSR count). The van der Waals surface area contributed by atoms with E-state index < -0.39 is 0 Å². The molecule has 0 saturated carbocycles. The van der Waals surface area contributed by atoms with Crippen LogP contribution < -0.4 is 0 Å². The molecule has 1 aromatic carbocycles. The normalized spacial score (nSPS) is 25.7. The molecule has 0 spiro atoms. The summed E-state index contributed by atoms with van der Waals surface area (Å²) in [6.07, 6.45) is 2.01. The second-order valence-corrected chi connectivity index (χ2v) is 7.45. The Hall–Kier alpha value is -2.21. The zero-order chi connectivity index (χ0) is 18.3. The van der Waals surface area contributed by atoms with Gasteiger partial charge >= 0.3 is 0 Å². The third-order valence-corrected chi connectivity index (χ3v) is 5.74. The number of aromatic nitrogens is 2. The average Bonchev–Trinajstić information content (AvgIpc) is 3.28. The van der Waals surface area contributed by atoms with Crippen LogP contribution in [0.3, 0.4) is 0 Å². The van der Waals surface area contributed by atoms with Gasteiger partial charge in [0.25, 0.3) is 0 Å². The number of carbonyl (C=O) groups is 1. The lowest BCUT2D eigenvalue weighted by Gasteiger charge is -2.29. The minimum atomic E-state index is -0.241. The van der Waals surface area contributed by atoms with Crippen LogP contribution in [0, 0.1) is 17.7 Å². The van der Waals surface area contributed by atoms with Crippen LogP contribution in [0.15, 0.2) is 36.5 Å². The van der Waals surface area contributed by atoms with Gasteiger partial charge in [-0.15, -0.1) is 0 Å². The highest BCUT2D eigenvalue weighted by Gasteiger charge is 2.48. The molecule has 6 heteroatoms. The fourth-order valence-corrected chi connectivity index (χ4v) is 4.60. The summed E-state index contributed by atoms with van der Waals surface area (Å²) in [5.41, 5.74) is 1.99. The van der Waals surface area contributed by atoms with Crippen molar-refractivity contribution in [3.63, 3.8) is 0 Å². The number of halogens is 1. The summed E-state index contributed by atoms with van der Waals surface area (Å²) in [5, 5.41) is 4.58. The summed E-state index contributed by atoms with van der Waals surface area (Å²) in [4.78, 5) is 16.5. The highest BCUT2D eigenvalue weighted by Crippen LogP contribution is 2.45. The Morgan fingerprint density at radius 3 is 2.81 bits per heavy atom. The van der Waals surface area contributed by atoms with Gasteiger partial charge in [-0.2, -0.15) is 5.10 Å². The smallest absolute Gasteiger partial charge is 0.219 e. The van der Waals surface area contributed by atoms with Gasteiger partial charge in [0.1, 0.15) is 5.82 Å². The van der Waals surface area contributed by atoms with Crippen LogP contribution in [0.2, 0.25) is 0 Å². The van der Waals surface area contributed by atoms with Crippen LogP contribution in [-0.2, 0) is 17.9 Å². The number of rotatable bonds is 4. The summed E-state index contributed by atoms with van der Waals surface area (Å²) in [7, 11) is 0. The molecule has 2 aromatic rings. The molecular weight excluding hydrogens is 331 g/mol. The second kappa shape index (κ2) is 6.83. The molecular formula is C20H25FN4O. The molecule has 138 valence electrons. The van der Waals surface area contributed by atoms with Crippen molar-refractivity contribution < 1.29 is 9.18 Å². The predicted molar refractivity (Wildman–Crippen MR) is 96.7 cm³/mol. The van der Waals surface area contributed by atoms with Crippen molar-refractivity contribution in [1.82, 2.24) is 19.6 Å². The van der Waals surface area contributed by atoms with Gasteiger partial charge in [0, 0.05) is 51.8 Å². The molecule has 0 bridgehead atoms. The number of likely N-dealkylation sites (tertiary alicyclic amines) is 2. The van der Waals surface area contributed by atoms with Gasteiger partial charge in [-0.25, -0.2) is 4.39 Å². The van der Waals surface area contributed by atoms with Crippen LogP contribution in [-0.4, -0.2) is 45.1 Å². The van der Waals surface area contributed by atoms with E-state index in [1.54, 1.807) is 19.1 Å². The minimum absolute atomic E-state index is 0.0357. The second-order valence-electron chi connectivity index (χ2n) is 7.45. The van der Waals surface area contributed by atoms with Crippen molar-refractivity contribution in [2.45, 2.75) is 33.0 Å². The predicted octanol–water partition coefficient (Wildman–Crippen LogP) is 2.69. The molecule has 1 aromatic heterocycles. The van der Waals surface area contributed by atoms with E-state index >= 15 is 0 Å². The molecule has 3 heterocycles. The van der Waals surface area contributed by atoms with E-state index in [0.29, 0.717) is 11.8 Å². The number of aryl methyl sites for hydroxylation is 1. The van der Waals surface area contributed by atoms with E-state index in [9.17, 15) is 9.18 Å². The third-order valence-electron chi connectivity index (χ3n) is 5.74. The van der Waals surface area contributed by atoms with Gasteiger partial charge < -0.3 is 4.90 Å². The Morgan fingerprint density at radius 2 is 2.12 bits per heavy atom. The van der Waals surface area contributed by atoms with Crippen LogP contribution in [0.5, 0.6) is 0 Å². The molecule has 3 atom stereocenters. The quantitative estimate of drug-likeness (QED) is 0.846.